The summed E-state index contributed by atoms with van der Waals surface area (Å²) in [4.78, 5) is 54.8. The molecular formula is C13H14ClN3O8. The Hall–Kier alpha value is -3.21. The number of primary amides is 1. The molecule has 11 nitrogen and oxygen atoms in total. The van der Waals surface area contributed by atoms with Gasteiger partial charge in [-0.05, 0) is 12.5 Å². The van der Waals surface area contributed by atoms with Gasteiger partial charge in [0.05, 0.1) is 16.1 Å². The maximum Gasteiger partial charge on any atom is 0.336 e. The molecule has 1 aromatic rings. The fraction of sp³-hybridized carbons (Fsp3) is 0.231. The van der Waals surface area contributed by atoms with Crippen LogP contribution in [0.15, 0.2) is 18.2 Å². The minimum absolute atomic E-state index is 0. The van der Waals surface area contributed by atoms with E-state index in [1.165, 1.54) is 0 Å². The first kappa shape index (κ1) is 21.8. The van der Waals surface area contributed by atoms with Gasteiger partial charge in [-0.2, -0.15) is 0 Å². The van der Waals surface area contributed by atoms with Crippen LogP contribution in [0.5, 0.6) is 0 Å². The van der Waals surface area contributed by atoms with E-state index in [-0.39, 0.29) is 25.2 Å². The quantitative estimate of drug-likeness (QED) is 0.364. The van der Waals surface area contributed by atoms with Gasteiger partial charge in [-0.15, -0.1) is 12.4 Å². The van der Waals surface area contributed by atoms with Gasteiger partial charge in [0.1, 0.15) is 6.04 Å². The van der Waals surface area contributed by atoms with Gasteiger partial charge in [0.25, 0.3) is 11.6 Å². The van der Waals surface area contributed by atoms with Gasteiger partial charge in [-0.3, -0.25) is 19.7 Å². The van der Waals surface area contributed by atoms with Crippen LogP contribution >= 0.6 is 12.4 Å². The number of non-ortho nitro benzene ring substituents is 1. The standard InChI is InChI=1S/C13H13N3O8.ClH/c14-10(17)4-3-9(13(21)22)15-11(18)7-2-1-6(16(23)24)5-8(7)12(19)20;/h1-2,5,9H,3-4H2,(H2,14,17)(H,15,18)(H,19,20)(H,21,22);1H/t9-;/m1./s1. The van der Waals surface area contributed by atoms with Crippen LogP contribution in [0.3, 0.4) is 0 Å². The highest BCUT2D eigenvalue weighted by atomic mass is 35.5. The molecule has 0 aliphatic carbocycles. The summed E-state index contributed by atoms with van der Waals surface area (Å²) in [5.74, 6) is -4.85. The molecule has 0 unspecified atom stereocenters. The predicted molar refractivity (Wildman–Crippen MR) is 84.6 cm³/mol. The van der Waals surface area contributed by atoms with E-state index in [9.17, 15) is 29.3 Å². The largest absolute Gasteiger partial charge is 0.480 e. The summed E-state index contributed by atoms with van der Waals surface area (Å²) in [6, 6.07) is 1.04. The van der Waals surface area contributed by atoms with Gasteiger partial charge in [0, 0.05) is 18.6 Å². The number of carbonyl (C=O) groups excluding carboxylic acids is 2. The van der Waals surface area contributed by atoms with Gasteiger partial charge in [-0.1, -0.05) is 0 Å². The van der Waals surface area contributed by atoms with Crippen LogP contribution in [-0.4, -0.2) is 44.9 Å². The first-order valence-electron chi connectivity index (χ1n) is 6.47. The Morgan fingerprint density at radius 3 is 2.24 bits per heavy atom. The smallest absolute Gasteiger partial charge is 0.336 e. The van der Waals surface area contributed by atoms with Crippen molar-refractivity contribution >= 4 is 41.8 Å². The number of halogens is 1. The number of nitro benzene ring substituents is 1. The zero-order valence-corrected chi connectivity index (χ0v) is 13.3. The van der Waals surface area contributed by atoms with E-state index in [0.29, 0.717) is 6.07 Å². The second kappa shape index (κ2) is 9.17. The summed E-state index contributed by atoms with van der Waals surface area (Å²) in [6.07, 6.45) is -0.588. The molecule has 0 aliphatic heterocycles. The van der Waals surface area contributed by atoms with Gasteiger partial charge >= 0.3 is 11.9 Å². The molecule has 2 amide bonds. The average Bonchev–Trinajstić information content (AvgIpc) is 2.49. The molecule has 1 aromatic carbocycles. The van der Waals surface area contributed by atoms with Crippen LogP contribution in [-0.2, 0) is 9.59 Å². The summed E-state index contributed by atoms with van der Waals surface area (Å²) in [6.45, 7) is 0. The minimum Gasteiger partial charge on any atom is -0.480 e. The maximum atomic E-state index is 12.1. The maximum absolute atomic E-state index is 12.1. The molecule has 0 aromatic heterocycles. The molecule has 1 rings (SSSR count). The lowest BCUT2D eigenvalue weighted by Crippen LogP contribution is -2.41. The first-order valence-corrected chi connectivity index (χ1v) is 6.47. The van der Waals surface area contributed by atoms with Crippen molar-refractivity contribution in [3.63, 3.8) is 0 Å². The number of rotatable bonds is 8. The Balaban J connectivity index is 0.00000576. The molecule has 1 atom stereocenters. The summed E-state index contributed by atoms with van der Waals surface area (Å²) < 4.78 is 0. The van der Waals surface area contributed by atoms with Crippen molar-refractivity contribution in [1.82, 2.24) is 5.32 Å². The normalized spacial score (nSPS) is 10.9. The molecule has 0 saturated heterocycles. The van der Waals surface area contributed by atoms with Crippen molar-refractivity contribution in [2.24, 2.45) is 5.73 Å². The summed E-state index contributed by atoms with van der Waals surface area (Å²) in [5.41, 5.74) is 3.27. The third-order valence-corrected chi connectivity index (χ3v) is 2.97. The van der Waals surface area contributed by atoms with Crippen molar-refractivity contribution < 1.29 is 34.3 Å². The van der Waals surface area contributed by atoms with Gasteiger partial charge in [0.15, 0.2) is 0 Å². The van der Waals surface area contributed by atoms with Crippen LogP contribution in [0.2, 0.25) is 0 Å². The molecular weight excluding hydrogens is 362 g/mol. The van der Waals surface area contributed by atoms with E-state index in [0.717, 1.165) is 12.1 Å². The lowest BCUT2D eigenvalue weighted by molar-refractivity contribution is -0.384. The molecule has 5 N–H and O–H groups in total. The van der Waals surface area contributed by atoms with Crippen molar-refractivity contribution in [3.05, 3.63) is 39.4 Å². The van der Waals surface area contributed by atoms with Crippen molar-refractivity contribution in [1.29, 1.82) is 0 Å². The number of carboxylic acid groups (broad SMARTS) is 2. The lowest BCUT2D eigenvalue weighted by Gasteiger charge is -2.14. The van der Waals surface area contributed by atoms with Crippen molar-refractivity contribution in [2.75, 3.05) is 0 Å². The molecule has 0 fully saturated rings. The Labute approximate surface area is 146 Å². The monoisotopic (exact) mass is 375 g/mol. The highest BCUT2D eigenvalue weighted by molar-refractivity contribution is 6.06. The van der Waals surface area contributed by atoms with E-state index in [1.807, 2.05) is 0 Å². The Kier molecular flexibility index (Phi) is 8.00. The van der Waals surface area contributed by atoms with Gasteiger partial charge in [0.2, 0.25) is 5.91 Å². The number of benzene rings is 1. The highest BCUT2D eigenvalue weighted by Gasteiger charge is 2.25. The zero-order chi connectivity index (χ0) is 18.4. The van der Waals surface area contributed by atoms with E-state index in [4.69, 9.17) is 15.9 Å². The van der Waals surface area contributed by atoms with E-state index in [1.54, 1.807) is 0 Å². The van der Waals surface area contributed by atoms with Crippen LogP contribution < -0.4 is 11.1 Å². The fourth-order valence-electron chi connectivity index (χ4n) is 1.80. The third kappa shape index (κ3) is 6.06. The number of amides is 2. The number of aliphatic carboxylic acids is 1. The second-order valence-corrected chi connectivity index (χ2v) is 4.66. The molecule has 25 heavy (non-hydrogen) atoms. The summed E-state index contributed by atoms with van der Waals surface area (Å²) >= 11 is 0. The Bertz CT molecular complexity index is 721. The van der Waals surface area contributed by atoms with Crippen molar-refractivity contribution in [2.45, 2.75) is 18.9 Å². The second-order valence-electron chi connectivity index (χ2n) is 4.66. The summed E-state index contributed by atoms with van der Waals surface area (Å²) in [7, 11) is 0. The molecule has 12 heteroatoms. The third-order valence-electron chi connectivity index (χ3n) is 2.97. The number of carbonyl (C=O) groups is 4. The van der Waals surface area contributed by atoms with Crippen LogP contribution in [0.1, 0.15) is 33.6 Å². The highest BCUT2D eigenvalue weighted by Crippen LogP contribution is 2.18. The molecule has 0 spiro atoms. The van der Waals surface area contributed by atoms with Crippen LogP contribution in [0, 0.1) is 10.1 Å². The Morgan fingerprint density at radius 1 is 1.20 bits per heavy atom. The van der Waals surface area contributed by atoms with Crippen molar-refractivity contribution in [3.8, 4) is 0 Å². The average molecular weight is 376 g/mol. The SMILES string of the molecule is Cl.NC(=O)CC[C@@H](NC(=O)c1ccc([N+](=O)[O-])cc1C(=O)O)C(=O)O. The fourth-order valence-corrected chi connectivity index (χ4v) is 1.80. The number of nitro groups is 1. The number of carboxylic acids is 2. The number of hydrogen-bond acceptors (Lipinski definition) is 6. The summed E-state index contributed by atoms with van der Waals surface area (Å²) in [5, 5.41) is 30.8. The van der Waals surface area contributed by atoms with Crippen LogP contribution in [0.25, 0.3) is 0 Å². The predicted octanol–water partition coefficient (Wildman–Crippen LogP) is 0.163. The molecule has 0 aliphatic rings. The molecule has 0 saturated carbocycles. The van der Waals surface area contributed by atoms with E-state index in [2.05, 4.69) is 5.32 Å². The number of nitrogens with one attached hydrogen (secondary N) is 1. The minimum atomic E-state index is -1.59. The molecule has 0 heterocycles. The Morgan fingerprint density at radius 2 is 1.80 bits per heavy atom. The molecule has 136 valence electrons. The lowest BCUT2D eigenvalue weighted by atomic mass is 10.0. The number of hydrogen-bond donors (Lipinski definition) is 4. The van der Waals surface area contributed by atoms with E-state index < -0.39 is 51.5 Å². The zero-order valence-electron chi connectivity index (χ0n) is 12.5. The topological polar surface area (TPSA) is 190 Å². The van der Waals surface area contributed by atoms with Gasteiger partial charge in [-0.25, -0.2) is 9.59 Å². The van der Waals surface area contributed by atoms with Gasteiger partial charge < -0.3 is 21.3 Å². The first-order chi connectivity index (χ1) is 11.1. The number of nitrogens with two attached hydrogens (primary N) is 1. The van der Waals surface area contributed by atoms with E-state index >= 15 is 0 Å². The van der Waals surface area contributed by atoms with Crippen LogP contribution in [0.4, 0.5) is 5.69 Å². The molecule has 0 radical (unpaired) electrons. The number of nitrogens with zero attached hydrogens (tertiary/aromatic N) is 1. The molecule has 0 bridgehead atoms. The number of aromatic carboxylic acids is 1.